The van der Waals surface area contributed by atoms with Crippen LogP contribution in [0.2, 0.25) is 0 Å². The lowest BCUT2D eigenvalue weighted by molar-refractivity contribution is -0.161. The van der Waals surface area contributed by atoms with Crippen molar-refractivity contribution in [2.45, 2.75) is 277 Å². The highest BCUT2D eigenvalue weighted by Crippen LogP contribution is 2.45. The first-order valence-electron chi connectivity index (χ1n) is 41.3. The number of rotatable bonds is 74. The van der Waals surface area contributed by atoms with Crippen molar-refractivity contribution in [3.8, 4) is 0 Å². The molecule has 0 radical (unpaired) electrons. The largest absolute Gasteiger partial charge is 0.472 e. The molecule has 0 aromatic rings. The van der Waals surface area contributed by atoms with E-state index in [2.05, 4.69) is 234 Å². The van der Waals surface area contributed by atoms with Crippen LogP contribution in [0, 0.1) is 0 Å². The molecule has 0 aromatic carbocycles. The number of carbonyl (C=O) groups excluding carboxylic acids is 4. The SMILES string of the molecule is CC/C=C\C/C=C\C/C=C\C/C=C\C/C=C\C/C=C\CCC(=O)OCC(COP(=O)(O)OCC(O)COP(=O)(O)OCC(COC(=O)CC/C=C\C/C=C\C/C=C\C/C=C\C/C=C\C/C=C\CC)OC(=O)CCCCCC/C=C\C/C=C\C/C=C\C/C=C\CC)OC(=O)CCCCCC/C=C\C/C=C\C/C=C\C/C=C\CC. The number of aliphatic hydroxyl groups excluding tert-OH is 1. The van der Waals surface area contributed by atoms with Gasteiger partial charge < -0.3 is 33.8 Å². The molecule has 626 valence electrons. The second-order valence-electron chi connectivity index (χ2n) is 26.2. The van der Waals surface area contributed by atoms with Gasteiger partial charge in [-0.15, -0.1) is 0 Å². The molecule has 17 nitrogen and oxygen atoms in total. The Morgan fingerprint density at radius 1 is 0.250 bits per heavy atom. The summed E-state index contributed by atoms with van der Waals surface area (Å²) in [4.78, 5) is 73.2. The number of carbonyl (C=O) groups is 4. The number of phosphoric ester groups is 2. The minimum atomic E-state index is -5.03. The third-order valence-corrected chi connectivity index (χ3v) is 17.7. The lowest BCUT2D eigenvalue weighted by Gasteiger charge is -2.21. The van der Waals surface area contributed by atoms with E-state index in [0.29, 0.717) is 38.5 Å². The Balaban J connectivity index is 5.60. The Morgan fingerprint density at radius 2 is 0.455 bits per heavy atom. The molecule has 0 aliphatic rings. The molecule has 0 saturated heterocycles. The quantitative estimate of drug-likeness (QED) is 0.0169. The molecule has 0 fully saturated rings. The zero-order valence-corrected chi connectivity index (χ0v) is 70.3. The molecule has 0 aromatic heterocycles. The molecule has 4 atom stereocenters. The van der Waals surface area contributed by atoms with E-state index >= 15 is 0 Å². The summed E-state index contributed by atoms with van der Waals surface area (Å²) in [5, 5.41) is 10.7. The molecular weight excluding hydrogens is 1450 g/mol. The van der Waals surface area contributed by atoms with Gasteiger partial charge in [0.05, 0.1) is 26.4 Å². The number of hydrogen-bond donors (Lipinski definition) is 3. The van der Waals surface area contributed by atoms with Crippen LogP contribution in [0.15, 0.2) is 243 Å². The predicted octanol–water partition coefficient (Wildman–Crippen LogP) is 24.8. The van der Waals surface area contributed by atoms with Crippen LogP contribution in [-0.4, -0.2) is 96.7 Å². The Kier molecular flexibility index (Phi) is 76.6. The lowest BCUT2D eigenvalue weighted by Crippen LogP contribution is -2.30. The van der Waals surface area contributed by atoms with Gasteiger partial charge in [0.1, 0.15) is 19.3 Å². The topological polar surface area (TPSA) is 237 Å². The first-order chi connectivity index (χ1) is 54.7. The molecule has 4 unspecified atom stereocenters. The predicted molar refractivity (Wildman–Crippen MR) is 463 cm³/mol. The van der Waals surface area contributed by atoms with Crippen molar-refractivity contribution in [3.63, 3.8) is 0 Å². The smallest absolute Gasteiger partial charge is 0.462 e. The second-order valence-corrected chi connectivity index (χ2v) is 29.1. The van der Waals surface area contributed by atoms with Gasteiger partial charge in [0.2, 0.25) is 0 Å². The van der Waals surface area contributed by atoms with E-state index in [9.17, 15) is 43.2 Å². The Labute approximate surface area is 676 Å². The summed E-state index contributed by atoms with van der Waals surface area (Å²) >= 11 is 0. The molecule has 0 spiro atoms. The van der Waals surface area contributed by atoms with Crippen LogP contribution in [0.3, 0.4) is 0 Å². The van der Waals surface area contributed by atoms with Crippen LogP contribution >= 0.6 is 15.6 Å². The molecule has 0 aliphatic carbocycles. The van der Waals surface area contributed by atoms with Crippen LogP contribution in [0.5, 0.6) is 0 Å². The van der Waals surface area contributed by atoms with E-state index in [-0.39, 0.29) is 25.7 Å². The highest BCUT2D eigenvalue weighted by molar-refractivity contribution is 7.47. The number of hydrogen-bond acceptors (Lipinski definition) is 15. The minimum absolute atomic E-state index is 0.0174. The first kappa shape index (κ1) is 105. The Morgan fingerprint density at radius 3 is 0.696 bits per heavy atom. The summed E-state index contributed by atoms with van der Waals surface area (Å²) in [5.41, 5.74) is 0. The van der Waals surface area contributed by atoms with Crippen molar-refractivity contribution >= 4 is 39.5 Å². The maximum absolute atomic E-state index is 13.1. The van der Waals surface area contributed by atoms with E-state index < -0.39 is 97.5 Å². The maximum atomic E-state index is 13.1. The molecule has 0 saturated carbocycles. The zero-order chi connectivity index (χ0) is 81.7. The van der Waals surface area contributed by atoms with Gasteiger partial charge in [0.25, 0.3) is 0 Å². The summed E-state index contributed by atoms with van der Waals surface area (Å²) in [5.74, 6) is -2.46. The van der Waals surface area contributed by atoms with E-state index in [1.165, 1.54) is 0 Å². The van der Waals surface area contributed by atoms with Crippen molar-refractivity contribution in [2.24, 2.45) is 0 Å². The minimum Gasteiger partial charge on any atom is -0.462 e. The fourth-order valence-electron chi connectivity index (χ4n) is 9.72. The third kappa shape index (κ3) is 80.9. The average Bonchev–Trinajstić information content (AvgIpc) is 0.895. The van der Waals surface area contributed by atoms with Crippen molar-refractivity contribution < 1.29 is 80.2 Å². The van der Waals surface area contributed by atoms with Crippen LogP contribution in [0.1, 0.15) is 259 Å². The number of phosphoric acid groups is 2. The van der Waals surface area contributed by atoms with E-state index in [0.717, 1.165) is 167 Å². The number of unbranched alkanes of at least 4 members (excludes halogenated alkanes) is 8. The summed E-state index contributed by atoms with van der Waals surface area (Å²) in [6.45, 7) is 4.15. The van der Waals surface area contributed by atoms with Crippen molar-refractivity contribution in [3.05, 3.63) is 243 Å². The van der Waals surface area contributed by atoms with Crippen molar-refractivity contribution in [1.82, 2.24) is 0 Å². The average molecular weight is 1590 g/mol. The van der Waals surface area contributed by atoms with E-state index in [1.54, 1.807) is 0 Å². The van der Waals surface area contributed by atoms with Crippen LogP contribution in [0.25, 0.3) is 0 Å². The van der Waals surface area contributed by atoms with Gasteiger partial charge in [-0.3, -0.25) is 37.3 Å². The summed E-state index contributed by atoms with van der Waals surface area (Å²) < 4.78 is 68.5. The summed E-state index contributed by atoms with van der Waals surface area (Å²) in [7, 11) is -10.1. The standard InChI is InChI=1S/C93H142O17P2/c1-5-9-13-17-21-25-29-33-37-41-43-47-49-53-57-61-65-69-73-77-90(95)103-83-88(109-92(97)79-75-71-67-63-59-55-51-45-39-35-31-27-23-19-15-11-7-3)85-107-111(99,100)105-81-87(94)82-106-112(101,102)108-86-89(110-93(98)80-76-72-68-64-60-56-52-46-40-36-32-28-24-20-16-12-8-4)84-104-91(96)78-74-70-66-62-58-54-50-48-44-42-38-34-30-26-22-18-14-10-6-2/h9-16,21-28,33-40,43-44,47-48,51-58,65-66,69-70,87-89,94H,5-8,17-20,29-32,41-42,45-46,49-50,59-64,67-68,71-86H2,1-4H3,(H,99,100)(H,101,102)/b13-9-,14-10-,15-11-,16-12-,25-21-,26-22-,27-23-,28-24-,37-33-,38-34-,39-35-,40-36-,47-43-,48-44-,55-51-,56-52-,57-53-,58-54-,69-65-,70-66-. The van der Waals surface area contributed by atoms with Crippen molar-refractivity contribution in [2.75, 3.05) is 39.6 Å². The van der Waals surface area contributed by atoms with Gasteiger partial charge >= 0.3 is 39.5 Å². The zero-order valence-electron chi connectivity index (χ0n) is 68.5. The van der Waals surface area contributed by atoms with Crippen LogP contribution in [-0.2, 0) is 65.4 Å². The normalized spacial score (nSPS) is 15.0. The van der Waals surface area contributed by atoms with Gasteiger partial charge in [-0.05, 0) is 180 Å². The molecule has 3 N–H and O–H groups in total. The molecule has 0 amide bonds. The maximum Gasteiger partial charge on any atom is 0.472 e. The van der Waals surface area contributed by atoms with Gasteiger partial charge in [-0.25, -0.2) is 9.13 Å². The molecule has 0 aliphatic heterocycles. The number of ether oxygens (including phenoxy) is 4. The number of aliphatic hydroxyl groups is 1. The fourth-order valence-corrected chi connectivity index (χ4v) is 11.3. The second kappa shape index (κ2) is 81.9. The highest BCUT2D eigenvalue weighted by atomic mass is 31.2. The lowest BCUT2D eigenvalue weighted by atomic mass is 10.1. The highest BCUT2D eigenvalue weighted by Gasteiger charge is 2.30. The molecule has 0 heterocycles. The monoisotopic (exact) mass is 1590 g/mol. The van der Waals surface area contributed by atoms with Crippen LogP contribution < -0.4 is 0 Å². The fraction of sp³-hybridized carbons (Fsp3) is 0.527. The molecular formula is C93H142O17P2. The molecule has 112 heavy (non-hydrogen) atoms. The molecule has 0 rings (SSSR count). The molecule has 19 heteroatoms. The van der Waals surface area contributed by atoms with Crippen molar-refractivity contribution in [1.29, 1.82) is 0 Å². The third-order valence-electron chi connectivity index (χ3n) is 15.8. The first-order valence-corrected chi connectivity index (χ1v) is 44.3. The van der Waals surface area contributed by atoms with Gasteiger partial charge in [-0.1, -0.05) is 296 Å². The summed E-state index contributed by atoms with van der Waals surface area (Å²) in [6, 6.07) is 0. The summed E-state index contributed by atoms with van der Waals surface area (Å²) in [6.07, 6.45) is 107. The molecule has 0 bridgehead atoms. The van der Waals surface area contributed by atoms with Gasteiger partial charge in [-0.2, -0.15) is 0 Å². The number of esters is 4. The Bertz CT molecular complexity index is 2880. The Hall–Kier alpha value is -7.14. The van der Waals surface area contributed by atoms with Gasteiger partial charge in [0.15, 0.2) is 12.2 Å². The van der Waals surface area contributed by atoms with Gasteiger partial charge in [0, 0.05) is 25.7 Å². The van der Waals surface area contributed by atoms with Crippen LogP contribution in [0.4, 0.5) is 0 Å². The van der Waals surface area contributed by atoms with E-state index in [4.69, 9.17) is 37.0 Å². The number of allylic oxidation sites excluding steroid dienone is 40. The van der Waals surface area contributed by atoms with E-state index in [1.807, 2.05) is 36.5 Å².